The molecule has 0 aromatic heterocycles. The van der Waals surface area contributed by atoms with Crippen LogP contribution in [0.25, 0.3) is 5.70 Å². The Kier molecular flexibility index (Phi) is 3.69. The van der Waals surface area contributed by atoms with Gasteiger partial charge in [0.1, 0.15) is 0 Å². The van der Waals surface area contributed by atoms with Crippen molar-refractivity contribution in [2.24, 2.45) is 0 Å². The molecule has 3 rings (SSSR count). The lowest BCUT2D eigenvalue weighted by atomic mass is 10.1. The van der Waals surface area contributed by atoms with E-state index in [0.29, 0.717) is 16.9 Å². The normalized spacial score (nSPS) is 15.2. The molecule has 0 bridgehead atoms. The molecule has 1 heterocycles. The molecule has 0 unspecified atom stereocenters. The van der Waals surface area contributed by atoms with E-state index < -0.39 is 15.7 Å². The summed E-state index contributed by atoms with van der Waals surface area (Å²) in [7, 11) is -2.23. The lowest BCUT2D eigenvalue weighted by Gasteiger charge is -2.08. The van der Waals surface area contributed by atoms with Gasteiger partial charge in [0.25, 0.3) is 5.91 Å². The summed E-state index contributed by atoms with van der Waals surface area (Å²) in [6.07, 6.45) is 0. The lowest BCUT2D eigenvalue weighted by molar-refractivity contribution is -0.112. The molecule has 118 valence electrons. The van der Waals surface area contributed by atoms with Crippen LogP contribution in [0.5, 0.6) is 0 Å². The molecule has 0 saturated carbocycles. The van der Waals surface area contributed by atoms with Crippen LogP contribution in [0.2, 0.25) is 0 Å². The second-order valence-electron chi connectivity index (χ2n) is 5.27. The zero-order valence-electron chi connectivity index (χ0n) is 12.8. The third kappa shape index (κ3) is 2.51. The van der Waals surface area contributed by atoms with Crippen molar-refractivity contribution in [3.63, 3.8) is 0 Å². The molecule has 0 radical (unpaired) electrons. The van der Waals surface area contributed by atoms with Crippen molar-refractivity contribution in [2.75, 3.05) is 12.4 Å². The molecule has 1 aliphatic heterocycles. The van der Waals surface area contributed by atoms with Gasteiger partial charge in [0.2, 0.25) is 9.84 Å². The van der Waals surface area contributed by atoms with Crippen LogP contribution in [0.4, 0.5) is 5.69 Å². The highest BCUT2D eigenvalue weighted by atomic mass is 32.2. The van der Waals surface area contributed by atoms with Crippen LogP contribution >= 0.6 is 0 Å². The molecule has 1 amide bonds. The van der Waals surface area contributed by atoms with Gasteiger partial charge in [0, 0.05) is 18.3 Å². The van der Waals surface area contributed by atoms with Crippen molar-refractivity contribution in [3.05, 3.63) is 64.6 Å². The number of benzene rings is 2. The number of hydrogen-bond acceptors (Lipinski definition) is 4. The van der Waals surface area contributed by atoms with E-state index in [0.717, 1.165) is 5.56 Å². The minimum Gasteiger partial charge on any atom is -0.386 e. The second-order valence-corrected chi connectivity index (χ2v) is 7.13. The molecule has 23 heavy (non-hydrogen) atoms. The molecule has 6 heteroatoms. The molecule has 2 aromatic carbocycles. The maximum Gasteiger partial charge on any atom is 0.269 e. The first-order valence-corrected chi connectivity index (χ1v) is 8.58. The summed E-state index contributed by atoms with van der Waals surface area (Å²) >= 11 is 0. The number of hydrogen-bond donors (Lipinski definition) is 2. The molecule has 2 aromatic rings. The van der Waals surface area contributed by atoms with Crippen LogP contribution < -0.4 is 10.6 Å². The van der Waals surface area contributed by atoms with E-state index in [9.17, 15) is 13.2 Å². The van der Waals surface area contributed by atoms with Crippen LogP contribution in [0.1, 0.15) is 11.1 Å². The van der Waals surface area contributed by atoms with Gasteiger partial charge in [-0.15, -0.1) is 0 Å². The van der Waals surface area contributed by atoms with E-state index in [2.05, 4.69) is 10.6 Å². The lowest BCUT2D eigenvalue weighted by Crippen LogP contribution is -2.21. The SMILES string of the molecule is CNC1=C(C(=O)Nc2ccc(C)cc2)S(=O)(=O)c2ccccc21. The first kappa shape index (κ1) is 15.3. The average molecular weight is 328 g/mol. The van der Waals surface area contributed by atoms with Crippen molar-refractivity contribution >= 4 is 27.1 Å². The van der Waals surface area contributed by atoms with Gasteiger partial charge in [0.05, 0.1) is 10.6 Å². The fourth-order valence-electron chi connectivity index (χ4n) is 2.58. The number of carbonyl (C=O) groups excluding carboxylic acids is 1. The first-order chi connectivity index (χ1) is 10.9. The summed E-state index contributed by atoms with van der Waals surface area (Å²) in [5.41, 5.74) is 2.45. The van der Waals surface area contributed by atoms with E-state index in [4.69, 9.17) is 0 Å². The van der Waals surface area contributed by atoms with Gasteiger partial charge in [0.15, 0.2) is 4.91 Å². The number of nitrogens with one attached hydrogen (secondary N) is 2. The van der Waals surface area contributed by atoms with Gasteiger partial charge in [-0.1, -0.05) is 35.9 Å². The number of amides is 1. The number of aryl methyl sites for hydroxylation is 1. The minimum absolute atomic E-state index is 0.151. The van der Waals surface area contributed by atoms with Gasteiger partial charge in [-0.2, -0.15) is 0 Å². The Hall–Kier alpha value is -2.60. The number of carbonyl (C=O) groups is 1. The Bertz CT molecular complexity index is 913. The molecular formula is C17H16N2O3S. The highest BCUT2D eigenvalue weighted by Gasteiger charge is 2.39. The summed E-state index contributed by atoms with van der Waals surface area (Å²) in [6.45, 7) is 1.94. The molecular weight excluding hydrogens is 312 g/mol. The third-order valence-corrected chi connectivity index (χ3v) is 5.57. The second kappa shape index (κ2) is 5.55. The minimum atomic E-state index is -3.83. The van der Waals surface area contributed by atoms with Crippen LogP contribution in [0.3, 0.4) is 0 Å². The smallest absolute Gasteiger partial charge is 0.269 e. The molecule has 2 N–H and O–H groups in total. The zero-order valence-corrected chi connectivity index (χ0v) is 13.6. The molecule has 0 saturated heterocycles. The van der Waals surface area contributed by atoms with E-state index in [1.165, 1.54) is 6.07 Å². The Balaban J connectivity index is 2.04. The van der Waals surface area contributed by atoms with Crippen molar-refractivity contribution in [1.82, 2.24) is 5.32 Å². The molecule has 0 fully saturated rings. The van der Waals surface area contributed by atoms with E-state index in [1.54, 1.807) is 37.4 Å². The monoisotopic (exact) mass is 328 g/mol. The van der Waals surface area contributed by atoms with E-state index in [-0.39, 0.29) is 9.80 Å². The van der Waals surface area contributed by atoms with Crippen molar-refractivity contribution in [1.29, 1.82) is 0 Å². The van der Waals surface area contributed by atoms with Gasteiger partial charge in [-0.3, -0.25) is 4.79 Å². The molecule has 0 spiro atoms. The molecule has 5 nitrogen and oxygen atoms in total. The van der Waals surface area contributed by atoms with Crippen LogP contribution in [-0.2, 0) is 14.6 Å². The maximum atomic E-state index is 12.7. The summed E-state index contributed by atoms with van der Waals surface area (Å²) in [4.78, 5) is 12.5. The van der Waals surface area contributed by atoms with Gasteiger partial charge >= 0.3 is 0 Å². The summed E-state index contributed by atoms with van der Waals surface area (Å²) in [5.74, 6) is -0.644. The summed E-state index contributed by atoms with van der Waals surface area (Å²) < 4.78 is 25.4. The van der Waals surface area contributed by atoms with Crippen molar-refractivity contribution in [3.8, 4) is 0 Å². The molecule has 0 aliphatic carbocycles. The average Bonchev–Trinajstić information content (AvgIpc) is 2.77. The summed E-state index contributed by atoms with van der Waals surface area (Å²) in [6, 6.07) is 13.8. The fraction of sp³-hybridized carbons (Fsp3) is 0.118. The highest BCUT2D eigenvalue weighted by Crippen LogP contribution is 2.37. The molecule has 0 atom stereocenters. The maximum absolute atomic E-state index is 12.7. The first-order valence-electron chi connectivity index (χ1n) is 7.09. The number of fused-ring (bicyclic) bond motifs is 1. The van der Waals surface area contributed by atoms with Crippen LogP contribution in [-0.4, -0.2) is 21.4 Å². The van der Waals surface area contributed by atoms with Crippen molar-refractivity contribution < 1.29 is 13.2 Å². The predicted octanol–water partition coefficient (Wildman–Crippen LogP) is 2.31. The quantitative estimate of drug-likeness (QED) is 0.906. The summed E-state index contributed by atoms with van der Waals surface area (Å²) in [5, 5.41) is 5.49. The fourth-order valence-corrected chi connectivity index (χ4v) is 4.30. The highest BCUT2D eigenvalue weighted by molar-refractivity contribution is 7.97. The van der Waals surface area contributed by atoms with Crippen LogP contribution in [0.15, 0.2) is 58.3 Å². The van der Waals surface area contributed by atoms with Crippen LogP contribution in [0, 0.1) is 6.92 Å². The Morgan fingerprint density at radius 2 is 1.65 bits per heavy atom. The zero-order chi connectivity index (χ0) is 16.6. The van der Waals surface area contributed by atoms with E-state index >= 15 is 0 Å². The van der Waals surface area contributed by atoms with Gasteiger partial charge in [-0.05, 0) is 25.1 Å². The number of rotatable bonds is 3. The Labute approximate surface area is 135 Å². The Morgan fingerprint density at radius 1 is 1.00 bits per heavy atom. The molecule has 1 aliphatic rings. The largest absolute Gasteiger partial charge is 0.386 e. The Morgan fingerprint density at radius 3 is 2.30 bits per heavy atom. The predicted molar refractivity (Wildman–Crippen MR) is 89.4 cm³/mol. The standard InChI is InChI=1S/C17H16N2O3S/c1-11-7-9-12(10-8-11)19-17(20)16-15(18-2)13-5-3-4-6-14(13)23(16,21)22/h3-10,18H,1-2H3,(H,19,20). The van der Waals surface area contributed by atoms with E-state index in [1.807, 2.05) is 19.1 Å². The van der Waals surface area contributed by atoms with Gasteiger partial charge in [-0.25, -0.2) is 8.42 Å². The third-order valence-electron chi connectivity index (χ3n) is 3.71. The van der Waals surface area contributed by atoms with Crippen molar-refractivity contribution in [2.45, 2.75) is 11.8 Å². The van der Waals surface area contributed by atoms with Gasteiger partial charge < -0.3 is 10.6 Å². The number of anilines is 1. The topological polar surface area (TPSA) is 75.3 Å². The number of sulfone groups is 1.